The number of hydrogen-bond acceptors (Lipinski definition) is 3. The molecule has 0 spiro atoms. The quantitative estimate of drug-likeness (QED) is 0.705. The average molecular weight is 408 g/mol. The smallest absolute Gasteiger partial charge is 0.251 e. The predicted octanol–water partition coefficient (Wildman–Crippen LogP) is 3.44. The van der Waals surface area contributed by atoms with Crippen LogP contribution in [0.5, 0.6) is 0 Å². The lowest BCUT2D eigenvalue weighted by Gasteiger charge is -2.26. The minimum absolute atomic E-state index is 0.00718. The van der Waals surface area contributed by atoms with Crippen molar-refractivity contribution in [1.82, 2.24) is 15.5 Å². The zero-order chi connectivity index (χ0) is 21.8. The molecule has 5 heteroatoms. The van der Waals surface area contributed by atoms with Crippen LogP contribution in [0.15, 0.2) is 36.4 Å². The molecule has 0 bridgehead atoms. The van der Waals surface area contributed by atoms with Crippen LogP contribution in [0.2, 0.25) is 0 Å². The number of benzene rings is 2. The van der Waals surface area contributed by atoms with Crippen molar-refractivity contribution in [3.8, 4) is 0 Å². The van der Waals surface area contributed by atoms with Crippen LogP contribution in [0, 0.1) is 13.8 Å². The van der Waals surface area contributed by atoms with Gasteiger partial charge in [-0.3, -0.25) is 9.59 Å². The van der Waals surface area contributed by atoms with E-state index in [2.05, 4.69) is 21.6 Å². The molecule has 2 N–H and O–H groups in total. The van der Waals surface area contributed by atoms with Crippen molar-refractivity contribution in [3.05, 3.63) is 69.8 Å². The number of hydrogen-bond donors (Lipinski definition) is 2. The zero-order valence-corrected chi connectivity index (χ0v) is 18.7. The molecule has 1 fully saturated rings. The molecule has 0 saturated heterocycles. The molecule has 1 aliphatic rings. The summed E-state index contributed by atoms with van der Waals surface area (Å²) in [4.78, 5) is 27.0. The number of carbonyl (C=O) groups is 2. The Labute approximate surface area is 179 Å². The van der Waals surface area contributed by atoms with Gasteiger partial charge in [-0.15, -0.1) is 0 Å². The summed E-state index contributed by atoms with van der Waals surface area (Å²) in [6.07, 6.45) is 3.16. The highest BCUT2D eigenvalue weighted by Crippen LogP contribution is 2.41. The Morgan fingerprint density at radius 2 is 1.70 bits per heavy atom. The van der Waals surface area contributed by atoms with E-state index in [0.717, 1.165) is 23.1 Å². The van der Waals surface area contributed by atoms with Gasteiger partial charge < -0.3 is 15.5 Å². The summed E-state index contributed by atoms with van der Waals surface area (Å²) in [6.45, 7) is 4.67. The van der Waals surface area contributed by atoms with Gasteiger partial charge in [-0.05, 0) is 93.6 Å². The van der Waals surface area contributed by atoms with E-state index in [9.17, 15) is 9.59 Å². The zero-order valence-electron chi connectivity index (χ0n) is 18.7. The van der Waals surface area contributed by atoms with Gasteiger partial charge in [0, 0.05) is 30.8 Å². The molecule has 0 radical (unpaired) electrons. The minimum atomic E-state index is -0.0708. The van der Waals surface area contributed by atoms with Crippen molar-refractivity contribution in [2.75, 3.05) is 27.7 Å². The van der Waals surface area contributed by atoms with E-state index in [4.69, 9.17) is 0 Å². The maximum absolute atomic E-state index is 12.9. The Morgan fingerprint density at radius 3 is 2.27 bits per heavy atom. The molecule has 1 unspecified atom stereocenters. The number of amides is 2. The van der Waals surface area contributed by atoms with Crippen molar-refractivity contribution in [2.45, 2.75) is 45.1 Å². The van der Waals surface area contributed by atoms with Gasteiger partial charge in [-0.2, -0.15) is 0 Å². The van der Waals surface area contributed by atoms with E-state index in [0.29, 0.717) is 18.0 Å². The molecule has 5 nitrogen and oxygen atoms in total. The lowest BCUT2D eigenvalue weighted by molar-refractivity contribution is 0.0937. The molecule has 30 heavy (non-hydrogen) atoms. The second-order valence-electron chi connectivity index (χ2n) is 8.56. The highest BCUT2D eigenvalue weighted by molar-refractivity contribution is 5.96. The fraction of sp³-hybridized carbons (Fsp3) is 0.440. The molecular weight excluding hydrogens is 374 g/mol. The van der Waals surface area contributed by atoms with Crippen molar-refractivity contribution in [3.63, 3.8) is 0 Å². The van der Waals surface area contributed by atoms with Crippen molar-refractivity contribution < 1.29 is 9.59 Å². The van der Waals surface area contributed by atoms with Gasteiger partial charge >= 0.3 is 0 Å². The van der Waals surface area contributed by atoms with Crippen LogP contribution in [0.4, 0.5) is 0 Å². The Morgan fingerprint density at radius 1 is 1.07 bits per heavy atom. The van der Waals surface area contributed by atoms with Gasteiger partial charge in [0.25, 0.3) is 11.8 Å². The van der Waals surface area contributed by atoms with Crippen LogP contribution in [0.3, 0.4) is 0 Å². The average Bonchev–Trinajstić information content (AvgIpc) is 3.56. The van der Waals surface area contributed by atoms with Gasteiger partial charge in [-0.1, -0.05) is 18.2 Å². The van der Waals surface area contributed by atoms with Crippen molar-refractivity contribution in [2.24, 2.45) is 0 Å². The minimum Gasteiger partial charge on any atom is -0.355 e. The number of likely N-dealkylation sites (N-methyl/N-ethyl adjacent to an activating group) is 1. The molecule has 160 valence electrons. The first-order valence-electron chi connectivity index (χ1n) is 10.7. The van der Waals surface area contributed by atoms with Gasteiger partial charge in [0.2, 0.25) is 0 Å². The second-order valence-corrected chi connectivity index (χ2v) is 8.56. The highest BCUT2D eigenvalue weighted by Gasteiger charge is 2.28. The molecule has 1 aliphatic carbocycles. The summed E-state index contributed by atoms with van der Waals surface area (Å²) in [5, 5.41) is 5.84. The Hall–Kier alpha value is -2.66. The number of nitrogens with one attached hydrogen (secondary N) is 2. The van der Waals surface area contributed by atoms with Gasteiger partial charge in [0.1, 0.15) is 0 Å². The third-order valence-electron chi connectivity index (χ3n) is 6.08. The number of aryl methyl sites for hydroxylation is 2. The monoisotopic (exact) mass is 407 g/mol. The number of nitrogens with zero attached hydrogens (tertiary/aromatic N) is 1. The van der Waals surface area contributed by atoms with Crippen LogP contribution in [-0.2, 0) is 6.42 Å². The van der Waals surface area contributed by atoms with Crippen LogP contribution in [0.1, 0.15) is 61.7 Å². The van der Waals surface area contributed by atoms with Crippen LogP contribution in [0.25, 0.3) is 0 Å². The largest absolute Gasteiger partial charge is 0.355 e. The van der Waals surface area contributed by atoms with E-state index in [1.807, 2.05) is 58.3 Å². The normalized spacial score (nSPS) is 14.5. The lowest BCUT2D eigenvalue weighted by atomic mass is 9.93. The summed E-state index contributed by atoms with van der Waals surface area (Å²) < 4.78 is 0. The summed E-state index contributed by atoms with van der Waals surface area (Å²) in [7, 11) is 5.73. The molecule has 0 aliphatic heterocycles. The van der Waals surface area contributed by atoms with E-state index < -0.39 is 0 Å². The Bertz CT molecular complexity index is 909. The standard InChI is InChI=1S/C25H33N3O2/c1-16-12-19(24(29)26-3)13-17(2)23(16)14-20(28(4)5)15-27-25(30)22-9-7-6-8-21(22)18-10-11-18/h6-9,12-13,18,20H,10-11,14-15H2,1-5H3,(H,26,29)(H,27,30). The molecule has 2 aromatic rings. The first-order valence-corrected chi connectivity index (χ1v) is 10.7. The first kappa shape index (κ1) is 22.0. The number of rotatable bonds is 8. The molecule has 2 aromatic carbocycles. The Kier molecular flexibility index (Phi) is 6.93. The molecule has 1 atom stereocenters. The van der Waals surface area contributed by atoms with Gasteiger partial charge in [-0.25, -0.2) is 0 Å². The summed E-state index contributed by atoms with van der Waals surface area (Å²) in [5.41, 5.74) is 6.10. The third kappa shape index (κ3) is 5.08. The second kappa shape index (κ2) is 9.43. The van der Waals surface area contributed by atoms with Crippen LogP contribution >= 0.6 is 0 Å². The summed E-state index contributed by atoms with van der Waals surface area (Å²) in [6, 6.07) is 12.0. The summed E-state index contributed by atoms with van der Waals surface area (Å²) in [5.74, 6) is 0.479. The summed E-state index contributed by atoms with van der Waals surface area (Å²) >= 11 is 0. The number of carbonyl (C=O) groups excluding carboxylic acids is 2. The topological polar surface area (TPSA) is 61.4 Å². The molecule has 2 amide bonds. The van der Waals surface area contributed by atoms with Crippen molar-refractivity contribution >= 4 is 11.8 Å². The van der Waals surface area contributed by atoms with E-state index in [1.165, 1.54) is 24.0 Å². The maximum Gasteiger partial charge on any atom is 0.251 e. The fourth-order valence-electron chi connectivity index (χ4n) is 4.02. The third-order valence-corrected chi connectivity index (χ3v) is 6.08. The van der Waals surface area contributed by atoms with E-state index in [1.54, 1.807) is 7.05 Å². The first-order chi connectivity index (χ1) is 14.3. The maximum atomic E-state index is 12.9. The van der Waals surface area contributed by atoms with Crippen LogP contribution in [-0.4, -0.2) is 50.4 Å². The highest BCUT2D eigenvalue weighted by atomic mass is 16.2. The molecule has 0 heterocycles. The van der Waals surface area contributed by atoms with Crippen molar-refractivity contribution in [1.29, 1.82) is 0 Å². The SMILES string of the molecule is CNC(=O)c1cc(C)c(CC(CNC(=O)c2ccccc2C2CC2)N(C)C)c(C)c1. The Balaban J connectivity index is 1.72. The predicted molar refractivity (Wildman–Crippen MR) is 121 cm³/mol. The van der Waals surface area contributed by atoms with E-state index in [-0.39, 0.29) is 17.9 Å². The molecule has 1 saturated carbocycles. The van der Waals surface area contributed by atoms with Crippen LogP contribution < -0.4 is 10.6 Å². The van der Waals surface area contributed by atoms with Gasteiger partial charge in [0.15, 0.2) is 0 Å². The fourth-order valence-corrected chi connectivity index (χ4v) is 4.02. The molecule has 0 aromatic heterocycles. The lowest BCUT2D eigenvalue weighted by Crippen LogP contribution is -2.42. The van der Waals surface area contributed by atoms with Gasteiger partial charge in [0.05, 0.1) is 0 Å². The molecule has 3 rings (SSSR count). The van der Waals surface area contributed by atoms with E-state index >= 15 is 0 Å². The molecular formula is C25H33N3O2.